The number of aromatic nitrogens is 2. The van der Waals surface area contributed by atoms with E-state index in [0.29, 0.717) is 6.04 Å². The molecular formula is C18H29N5. The Morgan fingerprint density at radius 2 is 1.78 bits per heavy atom. The molecule has 5 heteroatoms. The topological polar surface area (TPSA) is 35.5 Å². The van der Waals surface area contributed by atoms with Gasteiger partial charge < -0.3 is 14.7 Å². The van der Waals surface area contributed by atoms with Crippen molar-refractivity contribution in [2.45, 2.75) is 38.6 Å². The first-order valence-corrected chi connectivity index (χ1v) is 9.14. The van der Waals surface area contributed by atoms with E-state index in [2.05, 4.69) is 46.8 Å². The van der Waals surface area contributed by atoms with E-state index < -0.39 is 0 Å². The van der Waals surface area contributed by atoms with Crippen molar-refractivity contribution in [2.75, 3.05) is 50.1 Å². The Kier molecular flexibility index (Phi) is 3.92. The molecule has 0 radical (unpaired) electrons. The maximum absolute atomic E-state index is 4.93. The molecule has 0 unspecified atom stereocenters. The lowest BCUT2D eigenvalue weighted by atomic mass is 9.97. The standard InChI is InChI=1S/C18H29N5/c1-13-10-17(20-18(19-13)22-8-4-5-9-22)23-11-15(14-6-7-14)16(12-23)21(2)3/h10,14-16H,4-9,11-12H2,1-3H3/t15-,16+/m0/s1. The molecule has 0 N–H and O–H groups in total. The minimum absolute atomic E-state index is 0.660. The van der Waals surface area contributed by atoms with Crippen molar-refractivity contribution in [1.29, 1.82) is 0 Å². The van der Waals surface area contributed by atoms with Gasteiger partial charge in [-0.1, -0.05) is 0 Å². The number of rotatable bonds is 4. The number of hydrogen-bond donors (Lipinski definition) is 0. The van der Waals surface area contributed by atoms with Crippen LogP contribution in [0.5, 0.6) is 0 Å². The lowest BCUT2D eigenvalue weighted by molar-refractivity contribution is 0.238. The molecule has 3 fully saturated rings. The maximum atomic E-state index is 4.93. The molecule has 1 aliphatic carbocycles. The van der Waals surface area contributed by atoms with Crippen molar-refractivity contribution in [3.63, 3.8) is 0 Å². The van der Waals surface area contributed by atoms with Crippen LogP contribution in [0, 0.1) is 18.8 Å². The number of likely N-dealkylation sites (N-methyl/N-ethyl adjacent to an activating group) is 1. The highest BCUT2D eigenvalue weighted by molar-refractivity contribution is 5.47. The third-order valence-electron chi connectivity index (χ3n) is 5.77. The van der Waals surface area contributed by atoms with Crippen LogP contribution in [-0.2, 0) is 0 Å². The third-order valence-corrected chi connectivity index (χ3v) is 5.77. The van der Waals surface area contributed by atoms with E-state index in [0.717, 1.165) is 55.5 Å². The quantitative estimate of drug-likeness (QED) is 0.851. The number of nitrogens with zero attached hydrogens (tertiary/aromatic N) is 5. The second-order valence-corrected chi connectivity index (χ2v) is 7.80. The Labute approximate surface area is 139 Å². The van der Waals surface area contributed by atoms with E-state index in [1.54, 1.807) is 0 Å². The lowest BCUT2D eigenvalue weighted by Crippen LogP contribution is -2.36. The van der Waals surface area contributed by atoms with Crippen LogP contribution in [0.15, 0.2) is 6.07 Å². The van der Waals surface area contributed by atoms with E-state index >= 15 is 0 Å². The molecule has 3 aliphatic rings. The first kappa shape index (κ1) is 15.2. The van der Waals surface area contributed by atoms with Crippen molar-refractivity contribution in [3.05, 3.63) is 11.8 Å². The number of anilines is 2. The average Bonchev–Trinajstić information content (AvgIpc) is 3.04. The van der Waals surface area contributed by atoms with Gasteiger partial charge in [0.15, 0.2) is 0 Å². The lowest BCUT2D eigenvalue weighted by Gasteiger charge is -2.24. The highest BCUT2D eigenvalue weighted by Gasteiger charge is 2.43. The normalized spacial score (nSPS) is 28.2. The summed E-state index contributed by atoms with van der Waals surface area (Å²) in [4.78, 5) is 16.9. The van der Waals surface area contributed by atoms with Crippen molar-refractivity contribution in [3.8, 4) is 0 Å². The molecule has 126 valence electrons. The predicted octanol–water partition coefficient (Wildman–Crippen LogP) is 2.16. The van der Waals surface area contributed by atoms with E-state index in [4.69, 9.17) is 4.98 Å². The summed E-state index contributed by atoms with van der Waals surface area (Å²) in [5.74, 6) is 3.81. The first-order chi connectivity index (χ1) is 11.1. The fourth-order valence-corrected chi connectivity index (χ4v) is 4.29. The fourth-order valence-electron chi connectivity index (χ4n) is 4.29. The molecule has 2 atom stereocenters. The molecule has 0 bridgehead atoms. The molecular weight excluding hydrogens is 286 g/mol. The molecule has 1 aromatic rings. The molecule has 5 nitrogen and oxygen atoms in total. The largest absolute Gasteiger partial charge is 0.355 e. The van der Waals surface area contributed by atoms with Crippen LogP contribution in [0.3, 0.4) is 0 Å². The van der Waals surface area contributed by atoms with E-state index in [9.17, 15) is 0 Å². The Morgan fingerprint density at radius 1 is 1.04 bits per heavy atom. The zero-order valence-electron chi connectivity index (χ0n) is 14.7. The van der Waals surface area contributed by atoms with Crippen molar-refractivity contribution >= 4 is 11.8 Å². The minimum Gasteiger partial charge on any atom is -0.355 e. The molecule has 0 spiro atoms. The van der Waals surface area contributed by atoms with Gasteiger partial charge in [0.2, 0.25) is 5.95 Å². The molecule has 3 heterocycles. The van der Waals surface area contributed by atoms with Gasteiger partial charge in [0.25, 0.3) is 0 Å². The Bertz CT molecular complexity index is 553. The van der Waals surface area contributed by atoms with Crippen LogP contribution in [0.1, 0.15) is 31.4 Å². The summed E-state index contributed by atoms with van der Waals surface area (Å²) >= 11 is 0. The summed E-state index contributed by atoms with van der Waals surface area (Å²) in [6.45, 7) is 6.57. The Hall–Kier alpha value is -1.36. The average molecular weight is 315 g/mol. The second kappa shape index (κ2) is 5.93. The summed E-state index contributed by atoms with van der Waals surface area (Å²) < 4.78 is 0. The summed E-state index contributed by atoms with van der Waals surface area (Å²) in [5.41, 5.74) is 1.09. The molecule has 23 heavy (non-hydrogen) atoms. The Morgan fingerprint density at radius 3 is 2.43 bits per heavy atom. The zero-order chi connectivity index (χ0) is 16.0. The highest BCUT2D eigenvalue weighted by atomic mass is 15.3. The van der Waals surface area contributed by atoms with Crippen molar-refractivity contribution < 1.29 is 0 Å². The molecule has 4 rings (SSSR count). The van der Waals surface area contributed by atoms with Crippen LogP contribution in [-0.4, -0.2) is 61.2 Å². The van der Waals surface area contributed by atoms with Crippen LogP contribution in [0.4, 0.5) is 11.8 Å². The van der Waals surface area contributed by atoms with Gasteiger partial charge in [-0.25, -0.2) is 4.98 Å². The van der Waals surface area contributed by atoms with Gasteiger partial charge in [0, 0.05) is 44.0 Å². The van der Waals surface area contributed by atoms with Crippen LogP contribution < -0.4 is 9.80 Å². The van der Waals surface area contributed by atoms with Gasteiger partial charge in [0.05, 0.1) is 0 Å². The van der Waals surface area contributed by atoms with Gasteiger partial charge in [-0.05, 0) is 58.5 Å². The molecule has 0 aromatic carbocycles. The third kappa shape index (κ3) is 3.03. The van der Waals surface area contributed by atoms with E-state index in [1.165, 1.54) is 25.7 Å². The zero-order valence-corrected chi connectivity index (χ0v) is 14.7. The molecule has 2 saturated heterocycles. The molecule has 1 saturated carbocycles. The molecule has 0 amide bonds. The van der Waals surface area contributed by atoms with Crippen LogP contribution in [0.2, 0.25) is 0 Å². The van der Waals surface area contributed by atoms with E-state index in [-0.39, 0.29) is 0 Å². The van der Waals surface area contributed by atoms with Gasteiger partial charge in [-0.15, -0.1) is 0 Å². The van der Waals surface area contributed by atoms with Crippen molar-refractivity contribution in [1.82, 2.24) is 14.9 Å². The highest BCUT2D eigenvalue weighted by Crippen LogP contribution is 2.43. The van der Waals surface area contributed by atoms with Crippen LogP contribution in [0.25, 0.3) is 0 Å². The maximum Gasteiger partial charge on any atom is 0.227 e. The van der Waals surface area contributed by atoms with Gasteiger partial charge in [-0.3, -0.25) is 0 Å². The smallest absolute Gasteiger partial charge is 0.227 e. The minimum atomic E-state index is 0.660. The van der Waals surface area contributed by atoms with Crippen LogP contribution >= 0.6 is 0 Å². The van der Waals surface area contributed by atoms with Gasteiger partial charge >= 0.3 is 0 Å². The summed E-state index contributed by atoms with van der Waals surface area (Å²) in [7, 11) is 4.45. The monoisotopic (exact) mass is 315 g/mol. The first-order valence-electron chi connectivity index (χ1n) is 9.14. The summed E-state index contributed by atoms with van der Waals surface area (Å²) in [6.07, 6.45) is 5.38. The SMILES string of the molecule is Cc1cc(N2C[C@@H](N(C)C)[C@H](C3CC3)C2)nc(N2CCCC2)n1. The van der Waals surface area contributed by atoms with Gasteiger partial charge in [-0.2, -0.15) is 4.98 Å². The summed E-state index contributed by atoms with van der Waals surface area (Å²) in [6, 6.07) is 2.83. The molecule has 1 aromatic heterocycles. The fraction of sp³-hybridized carbons (Fsp3) is 0.778. The van der Waals surface area contributed by atoms with Crippen molar-refractivity contribution in [2.24, 2.45) is 11.8 Å². The summed E-state index contributed by atoms with van der Waals surface area (Å²) in [5, 5.41) is 0. The second-order valence-electron chi connectivity index (χ2n) is 7.80. The van der Waals surface area contributed by atoms with Gasteiger partial charge in [0.1, 0.15) is 5.82 Å². The molecule has 2 aliphatic heterocycles. The Balaban J connectivity index is 1.57. The van der Waals surface area contributed by atoms with E-state index in [1.807, 2.05) is 0 Å². The number of aryl methyl sites for hydroxylation is 1. The number of hydrogen-bond acceptors (Lipinski definition) is 5. The predicted molar refractivity (Wildman–Crippen MR) is 94.1 cm³/mol.